The summed E-state index contributed by atoms with van der Waals surface area (Å²) in [6.45, 7) is 2.28. The predicted octanol–water partition coefficient (Wildman–Crippen LogP) is 10.1. The smallest absolute Gasteiger partial charge is 0.314 e. The van der Waals surface area contributed by atoms with Crippen molar-refractivity contribution in [2.75, 3.05) is 0 Å². The number of esters is 1. The van der Waals surface area contributed by atoms with Crippen LogP contribution in [0, 0.1) is 23.2 Å². The van der Waals surface area contributed by atoms with Crippen molar-refractivity contribution in [1.82, 2.24) is 0 Å². The van der Waals surface area contributed by atoms with E-state index in [2.05, 4.69) is 19.1 Å². The summed E-state index contributed by atoms with van der Waals surface area (Å²) in [5.41, 5.74) is 2.93. The Kier molecular flexibility index (Phi) is 14.8. The molecule has 1 saturated carbocycles. The molecule has 1 aliphatic carbocycles. The van der Waals surface area contributed by atoms with Crippen LogP contribution in [0.4, 0.5) is 0 Å². The third-order valence-corrected chi connectivity index (χ3v) is 8.60. The lowest BCUT2D eigenvalue weighted by Gasteiger charge is -2.27. The molecule has 0 unspecified atom stereocenters. The zero-order chi connectivity index (χ0) is 27.5. The Balaban J connectivity index is 1.27. The normalized spacial score (nSPS) is 17.0. The molecule has 0 aromatic heterocycles. The van der Waals surface area contributed by atoms with E-state index in [1.807, 2.05) is 42.5 Å². The second-order valence-electron chi connectivity index (χ2n) is 11.7. The number of carbonyl (C=O) groups excluding carboxylic acids is 1. The first-order valence-electron chi connectivity index (χ1n) is 16.0. The highest BCUT2D eigenvalue weighted by Crippen LogP contribution is 2.33. The topological polar surface area (TPSA) is 50.1 Å². The summed E-state index contributed by atoms with van der Waals surface area (Å²) in [4.78, 5) is 13.0. The fourth-order valence-corrected chi connectivity index (χ4v) is 5.99. The number of aryl methyl sites for hydroxylation is 2. The number of nitriles is 1. The first-order valence-corrected chi connectivity index (χ1v) is 16.0. The Morgan fingerprint density at radius 1 is 0.769 bits per heavy atom. The molecule has 39 heavy (non-hydrogen) atoms. The summed E-state index contributed by atoms with van der Waals surface area (Å²) in [6.07, 6.45) is 24.1. The van der Waals surface area contributed by atoms with Crippen molar-refractivity contribution in [3.05, 3.63) is 65.2 Å². The van der Waals surface area contributed by atoms with Gasteiger partial charge in [0.05, 0.1) is 17.6 Å². The summed E-state index contributed by atoms with van der Waals surface area (Å²) < 4.78 is 5.94. The average molecular weight is 530 g/mol. The van der Waals surface area contributed by atoms with Gasteiger partial charge in [-0.3, -0.25) is 4.79 Å². The van der Waals surface area contributed by atoms with Gasteiger partial charge in [-0.15, -0.1) is 0 Å². The molecule has 0 saturated heterocycles. The van der Waals surface area contributed by atoms with Crippen LogP contribution in [0.15, 0.2) is 48.5 Å². The van der Waals surface area contributed by atoms with Crippen LogP contribution in [-0.4, -0.2) is 5.97 Å². The van der Waals surface area contributed by atoms with Crippen molar-refractivity contribution in [2.24, 2.45) is 11.8 Å². The minimum Gasteiger partial charge on any atom is -0.426 e. The first-order chi connectivity index (χ1) is 19.2. The number of ether oxygens (including phenoxy) is 1. The number of rotatable bonds is 18. The summed E-state index contributed by atoms with van der Waals surface area (Å²) in [5.74, 6) is 1.48. The molecular formula is C36H51NO2. The minimum atomic E-state index is -0.0513. The van der Waals surface area contributed by atoms with E-state index in [9.17, 15) is 4.79 Å². The molecule has 0 bridgehead atoms. The first kappa shape index (κ1) is 30.9. The molecule has 0 aliphatic heterocycles. The number of para-hydroxylation sites is 1. The van der Waals surface area contributed by atoms with E-state index in [1.54, 1.807) is 0 Å². The fraction of sp³-hybridized carbons (Fsp3) is 0.611. The van der Waals surface area contributed by atoms with E-state index in [1.165, 1.54) is 89.0 Å². The van der Waals surface area contributed by atoms with Gasteiger partial charge in [0.2, 0.25) is 0 Å². The van der Waals surface area contributed by atoms with Gasteiger partial charge >= 0.3 is 5.97 Å². The van der Waals surface area contributed by atoms with E-state index in [0.717, 1.165) is 50.0 Å². The van der Waals surface area contributed by atoms with Crippen LogP contribution in [-0.2, 0) is 17.6 Å². The van der Waals surface area contributed by atoms with Crippen LogP contribution in [0.25, 0.3) is 0 Å². The summed E-state index contributed by atoms with van der Waals surface area (Å²) >= 11 is 0. The lowest BCUT2D eigenvalue weighted by molar-refractivity contribution is -0.140. The largest absolute Gasteiger partial charge is 0.426 e. The van der Waals surface area contributed by atoms with Crippen LogP contribution in [0.5, 0.6) is 5.75 Å². The number of hydrogen-bond acceptors (Lipinski definition) is 3. The van der Waals surface area contributed by atoms with Crippen molar-refractivity contribution in [3.8, 4) is 11.8 Å². The van der Waals surface area contributed by atoms with Crippen molar-refractivity contribution in [2.45, 2.75) is 129 Å². The lowest BCUT2D eigenvalue weighted by Crippen LogP contribution is -2.26. The molecular weight excluding hydrogens is 478 g/mol. The van der Waals surface area contributed by atoms with Gasteiger partial charge < -0.3 is 4.74 Å². The maximum Gasteiger partial charge on any atom is 0.314 e. The number of hydrogen-bond donors (Lipinski definition) is 0. The maximum absolute atomic E-state index is 13.0. The minimum absolute atomic E-state index is 0.0369. The summed E-state index contributed by atoms with van der Waals surface area (Å²) in [5, 5.41) is 8.99. The molecule has 0 spiro atoms. The highest BCUT2D eigenvalue weighted by Gasteiger charge is 2.28. The van der Waals surface area contributed by atoms with Crippen LogP contribution in [0.3, 0.4) is 0 Å². The molecule has 0 amide bonds. The van der Waals surface area contributed by atoms with Crippen LogP contribution >= 0.6 is 0 Å². The van der Waals surface area contributed by atoms with Gasteiger partial charge in [0.15, 0.2) is 0 Å². The molecule has 3 rings (SSSR count). The zero-order valence-electron chi connectivity index (χ0n) is 24.5. The van der Waals surface area contributed by atoms with Crippen molar-refractivity contribution in [1.29, 1.82) is 5.26 Å². The van der Waals surface area contributed by atoms with Gasteiger partial charge in [0.1, 0.15) is 5.75 Å². The van der Waals surface area contributed by atoms with Gasteiger partial charge in [0.25, 0.3) is 0 Å². The Labute approximate surface area is 238 Å². The van der Waals surface area contributed by atoms with Crippen LogP contribution in [0.2, 0.25) is 0 Å². The number of carbonyl (C=O) groups is 1. The highest BCUT2D eigenvalue weighted by atomic mass is 16.5. The van der Waals surface area contributed by atoms with E-state index in [4.69, 9.17) is 10.00 Å². The molecule has 0 atom stereocenters. The third-order valence-electron chi connectivity index (χ3n) is 8.60. The fourth-order valence-electron chi connectivity index (χ4n) is 5.99. The van der Waals surface area contributed by atoms with Crippen molar-refractivity contribution in [3.63, 3.8) is 0 Å². The summed E-state index contributed by atoms with van der Waals surface area (Å²) in [7, 11) is 0. The van der Waals surface area contributed by atoms with Gasteiger partial charge in [-0.2, -0.15) is 5.26 Å². The standard InChI is InChI=1S/C36H51NO2/c1-2-3-4-5-6-7-8-9-10-11-12-13-16-30-24-27-34(28-25-30)36(38)39-35-18-15-14-17-33(35)26-23-31-19-21-32(29-37)22-20-31/h14-15,17-22,30,34H,2-13,16,23-28H2,1H3. The number of benzene rings is 2. The quantitative estimate of drug-likeness (QED) is 0.110. The molecule has 0 heterocycles. The SMILES string of the molecule is CCCCCCCCCCCCCCC1CCC(C(=O)Oc2ccccc2CCc2ccc(C#N)cc2)CC1. The molecule has 0 N–H and O–H groups in total. The van der Waals surface area contributed by atoms with Gasteiger partial charge in [-0.25, -0.2) is 0 Å². The molecule has 2 aromatic carbocycles. The van der Waals surface area contributed by atoms with Crippen molar-refractivity contribution < 1.29 is 9.53 Å². The monoisotopic (exact) mass is 529 g/mol. The number of unbranched alkanes of at least 4 members (excludes halogenated alkanes) is 11. The summed E-state index contributed by atoms with van der Waals surface area (Å²) in [6, 6.07) is 17.8. The molecule has 2 aromatic rings. The van der Waals surface area contributed by atoms with Crippen molar-refractivity contribution >= 4 is 5.97 Å². The molecule has 3 heteroatoms. The van der Waals surface area contributed by atoms with Gasteiger partial charge in [-0.1, -0.05) is 121 Å². The predicted molar refractivity (Wildman–Crippen MR) is 162 cm³/mol. The van der Waals surface area contributed by atoms with E-state index in [0.29, 0.717) is 11.3 Å². The van der Waals surface area contributed by atoms with Gasteiger partial charge in [-0.05, 0) is 73.8 Å². The Bertz CT molecular complexity index is 982. The van der Waals surface area contributed by atoms with E-state index < -0.39 is 0 Å². The van der Waals surface area contributed by atoms with Gasteiger partial charge in [0, 0.05) is 0 Å². The zero-order valence-corrected chi connectivity index (χ0v) is 24.5. The molecule has 1 aliphatic rings. The van der Waals surface area contributed by atoms with E-state index >= 15 is 0 Å². The highest BCUT2D eigenvalue weighted by molar-refractivity contribution is 5.75. The third kappa shape index (κ3) is 12.0. The molecule has 1 fully saturated rings. The second-order valence-corrected chi connectivity index (χ2v) is 11.7. The lowest BCUT2D eigenvalue weighted by atomic mass is 9.79. The van der Waals surface area contributed by atoms with E-state index in [-0.39, 0.29) is 11.9 Å². The maximum atomic E-state index is 13.0. The second kappa shape index (κ2) is 18.6. The van der Waals surface area contributed by atoms with Crippen LogP contribution < -0.4 is 4.74 Å². The van der Waals surface area contributed by atoms with Crippen LogP contribution in [0.1, 0.15) is 133 Å². The molecule has 3 nitrogen and oxygen atoms in total. The average Bonchev–Trinajstić information content (AvgIpc) is 2.98. The Morgan fingerprint density at radius 3 is 1.97 bits per heavy atom. The Hall–Kier alpha value is -2.60. The number of nitrogens with zero attached hydrogens (tertiary/aromatic N) is 1. The molecule has 212 valence electrons. The Morgan fingerprint density at radius 2 is 1.36 bits per heavy atom. The molecule has 0 radical (unpaired) electrons.